The highest BCUT2D eigenvalue weighted by Gasteiger charge is 2.14. The Kier molecular flexibility index (Phi) is 4.41. The molecule has 16 heavy (non-hydrogen) atoms. The van der Waals surface area contributed by atoms with Gasteiger partial charge < -0.3 is 4.74 Å². The fourth-order valence-corrected chi connectivity index (χ4v) is 3.37. The van der Waals surface area contributed by atoms with Crippen molar-refractivity contribution < 1.29 is 13.2 Å². The number of methoxy groups -OCH3 is 1. The quantitative estimate of drug-likeness (QED) is 0.785. The maximum absolute atomic E-state index is 11.1. The summed E-state index contributed by atoms with van der Waals surface area (Å²) in [6, 6.07) is 2.02. The molecule has 0 unspecified atom stereocenters. The minimum Gasteiger partial charge on any atom is -0.378 e. The molecule has 0 aliphatic rings. The van der Waals surface area contributed by atoms with Crippen LogP contribution in [-0.4, -0.2) is 26.8 Å². The van der Waals surface area contributed by atoms with E-state index in [0.29, 0.717) is 17.3 Å². The molecule has 1 aromatic rings. The minimum absolute atomic E-state index is 0.0835. The van der Waals surface area contributed by atoms with Gasteiger partial charge in [0.15, 0.2) is 9.84 Å². The van der Waals surface area contributed by atoms with Crippen molar-refractivity contribution in [3.05, 3.63) is 15.6 Å². The summed E-state index contributed by atoms with van der Waals surface area (Å²) >= 11 is 1.26. The van der Waals surface area contributed by atoms with Crippen LogP contribution in [0.25, 0.3) is 0 Å². The summed E-state index contributed by atoms with van der Waals surface area (Å²) in [7, 11) is -1.55. The Balaban J connectivity index is 2.97. The Morgan fingerprint density at radius 3 is 2.75 bits per heavy atom. The topological polar surface area (TPSA) is 80.0 Å². The van der Waals surface area contributed by atoms with Gasteiger partial charge in [-0.2, -0.15) is 5.26 Å². The summed E-state index contributed by atoms with van der Waals surface area (Å²) in [5.41, 5.74) is 0.660. The van der Waals surface area contributed by atoms with Crippen molar-refractivity contribution in [1.82, 2.24) is 4.98 Å². The van der Waals surface area contributed by atoms with Crippen molar-refractivity contribution >= 4 is 21.2 Å². The number of thiazole rings is 1. The maximum atomic E-state index is 11.1. The van der Waals surface area contributed by atoms with Crippen LogP contribution < -0.4 is 0 Å². The van der Waals surface area contributed by atoms with Crippen LogP contribution in [-0.2, 0) is 33.4 Å². The molecule has 0 bridgehead atoms. The van der Waals surface area contributed by atoms with Gasteiger partial charge in [-0.05, 0) is 0 Å². The third-order valence-corrected chi connectivity index (χ3v) is 3.81. The van der Waals surface area contributed by atoms with E-state index in [9.17, 15) is 8.42 Å². The van der Waals surface area contributed by atoms with E-state index < -0.39 is 9.84 Å². The van der Waals surface area contributed by atoms with Crippen molar-refractivity contribution in [2.45, 2.75) is 18.8 Å². The fraction of sp³-hybridized carbons (Fsp3) is 0.556. The van der Waals surface area contributed by atoms with Gasteiger partial charge in [0.2, 0.25) is 0 Å². The molecule has 0 N–H and O–H groups in total. The van der Waals surface area contributed by atoms with Gasteiger partial charge in [-0.15, -0.1) is 11.3 Å². The lowest BCUT2D eigenvalue weighted by Crippen LogP contribution is -2.00. The van der Waals surface area contributed by atoms with Crippen LogP contribution in [0.2, 0.25) is 0 Å². The van der Waals surface area contributed by atoms with Crippen LogP contribution >= 0.6 is 11.3 Å². The highest BCUT2D eigenvalue weighted by Crippen LogP contribution is 2.21. The third-order valence-electron chi connectivity index (χ3n) is 1.73. The SMILES string of the molecule is COCc1nc(CS(C)(=O)=O)sc1CC#N. The molecule has 0 fully saturated rings. The third kappa shape index (κ3) is 3.89. The monoisotopic (exact) mass is 260 g/mol. The standard InChI is InChI=1S/C9H12N2O3S2/c1-14-5-7-8(3-4-10)15-9(11-7)6-16(2,12)13/h3,5-6H2,1-2H3. The lowest BCUT2D eigenvalue weighted by molar-refractivity contribution is 0.181. The van der Waals surface area contributed by atoms with Crippen molar-refractivity contribution in [2.24, 2.45) is 0 Å². The largest absolute Gasteiger partial charge is 0.378 e. The molecule has 0 saturated heterocycles. The molecule has 0 atom stereocenters. The van der Waals surface area contributed by atoms with E-state index in [1.807, 2.05) is 6.07 Å². The first kappa shape index (κ1) is 13.1. The van der Waals surface area contributed by atoms with Gasteiger partial charge in [-0.1, -0.05) is 0 Å². The molecular formula is C9H12N2O3S2. The molecule has 5 nitrogen and oxygen atoms in total. The van der Waals surface area contributed by atoms with E-state index in [-0.39, 0.29) is 12.2 Å². The van der Waals surface area contributed by atoms with Gasteiger partial charge in [0.25, 0.3) is 0 Å². The summed E-state index contributed by atoms with van der Waals surface area (Å²) in [5.74, 6) is -0.0835. The zero-order valence-electron chi connectivity index (χ0n) is 9.06. The predicted molar refractivity (Wildman–Crippen MR) is 60.7 cm³/mol. The molecule has 0 aliphatic carbocycles. The van der Waals surface area contributed by atoms with Crippen LogP contribution in [0.1, 0.15) is 15.6 Å². The second-order valence-corrected chi connectivity index (χ2v) is 6.62. The molecule has 1 heterocycles. The van der Waals surface area contributed by atoms with E-state index in [4.69, 9.17) is 10.00 Å². The highest BCUT2D eigenvalue weighted by atomic mass is 32.2. The lowest BCUT2D eigenvalue weighted by atomic mass is 10.3. The number of ether oxygens (including phenoxy) is 1. The van der Waals surface area contributed by atoms with Crippen LogP contribution in [0, 0.1) is 11.3 Å². The molecule has 0 saturated carbocycles. The smallest absolute Gasteiger partial charge is 0.153 e. The Hall–Kier alpha value is -0.970. The first-order chi connectivity index (χ1) is 7.46. The Morgan fingerprint density at radius 1 is 1.56 bits per heavy atom. The zero-order valence-corrected chi connectivity index (χ0v) is 10.7. The van der Waals surface area contributed by atoms with E-state index >= 15 is 0 Å². The molecule has 0 aromatic carbocycles. The predicted octanol–water partition coefficient (Wildman–Crippen LogP) is 0.900. The normalized spacial score (nSPS) is 11.3. The second kappa shape index (κ2) is 5.39. The van der Waals surface area contributed by atoms with Gasteiger partial charge in [-0.3, -0.25) is 0 Å². The van der Waals surface area contributed by atoms with Crippen LogP contribution in [0.15, 0.2) is 0 Å². The average Bonchev–Trinajstić information content (AvgIpc) is 2.46. The molecule has 0 radical (unpaired) electrons. The first-order valence-corrected chi connectivity index (χ1v) is 7.35. The molecule has 1 rings (SSSR count). The van der Waals surface area contributed by atoms with E-state index in [0.717, 1.165) is 11.1 Å². The molecular weight excluding hydrogens is 248 g/mol. The maximum Gasteiger partial charge on any atom is 0.153 e. The number of rotatable bonds is 5. The Morgan fingerprint density at radius 2 is 2.25 bits per heavy atom. The van der Waals surface area contributed by atoms with Crippen LogP contribution in [0.5, 0.6) is 0 Å². The number of hydrogen-bond acceptors (Lipinski definition) is 6. The number of hydrogen-bond donors (Lipinski definition) is 0. The van der Waals surface area contributed by atoms with E-state index in [1.165, 1.54) is 18.4 Å². The summed E-state index contributed by atoms with van der Waals surface area (Å²) in [5, 5.41) is 9.14. The number of nitriles is 1. The first-order valence-electron chi connectivity index (χ1n) is 4.47. The average molecular weight is 260 g/mol. The highest BCUT2D eigenvalue weighted by molar-refractivity contribution is 7.90. The fourth-order valence-electron chi connectivity index (χ4n) is 1.18. The van der Waals surface area contributed by atoms with Gasteiger partial charge in [0.05, 0.1) is 24.8 Å². The molecule has 0 spiro atoms. The molecule has 88 valence electrons. The van der Waals surface area contributed by atoms with Crippen molar-refractivity contribution in [2.75, 3.05) is 13.4 Å². The van der Waals surface area contributed by atoms with E-state index in [2.05, 4.69) is 4.98 Å². The number of aromatic nitrogens is 1. The summed E-state index contributed by atoms with van der Waals surface area (Å²) in [6.45, 7) is 0.303. The van der Waals surface area contributed by atoms with Crippen LogP contribution in [0.4, 0.5) is 0 Å². The van der Waals surface area contributed by atoms with Crippen molar-refractivity contribution in [3.8, 4) is 6.07 Å². The van der Waals surface area contributed by atoms with Crippen LogP contribution in [0.3, 0.4) is 0 Å². The molecule has 0 amide bonds. The number of sulfone groups is 1. The number of nitrogens with zero attached hydrogens (tertiary/aromatic N) is 2. The molecule has 1 aromatic heterocycles. The van der Waals surface area contributed by atoms with Crippen molar-refractivity contribution in [3.63, 3.8) is 0 Å². The van der Waals surface area contributed by atoms with E-state index in [1.54, 1.807) is 0 Å². The Bertz CT molecular complexity index is 499. The Labute approximate surface area is 98.6 Å². The second-order valence-electron chi connectivity index (χ2n) is 3.32. The summed E-state index contributed by atoms with van der Waals surface area (Å²) in [6.07, 6.45) is 1.40. The minimum atomic E-state index is -3.09. The zero-order chi connectivity index (χ0) is 12.2. The summed E-state index contributed by atoms with van der Waals surface area (Å²) in [4.78, 5) is 4.95. The van der Waals surface area contributed by atoms with Gasteiger partial charge in [0, 0.05) is 18.2 Å². The van der Waals surface area contributed by atoms with Gasteiger partial charge >= 0.3 is 0 Å². The van der Waals surface area contributed by atoms with Gasteiger partial charge in [-0.25, -0.2) is 13.4 Å². The lowest BCUT2D eigenvalue weighted by Gasteiger charge is -1.95. The molecule has 7 heteroatoms. The van der Waals surface area contributed by atoms with Crippen molar-refractivity contribution in [1.29, 1.82) is 5.26 Å². The molecule has 0 aliphatic heterocycles. The van der Waals surface area contributed by atoms with Gasteiger partial charge in [0.1, 0.15) is 10.8 Å². The summed E-state index contributed by atoms with van der Waals surface area (Å²) < 4.78 is 27.2.